The highest BCUT2D eigenvalue weighted by atomic mass is 16.8. The van der Waals surface area contributed by atoms with Gasteiger partial charge < -0.3 is 23.7 Å². The number of benzene rings is 2. The second-order valence-electron chi connectivity index (χ2n) is 7.41. The Hall–Kier alpha value is -1.76. The molecule has 0 spiro atoms. The molecule has 0 unspecified atom stereocenters. The summed E-state index contributed by atoms with van der Waals surface area (Å²) in [5, 5.41) is 0. The molecule has 0 radical (unpaired) electrons. The van der Waals surface area contributed by atoms with Crippen molar-refractivity contribution in [1.29, 1.82) is 0 Å². The van der Waals surface area contributed by atoms with Crippen molar-refractivity contribution in [2.45, 2.75) is 57.5 Å². The normalized spacial score (nSPS) is 29.0. The molecule has 2 saturated heterocycles. The van der Waals surface area contributed by atoms with Crippen molar-refractivity contribution in [3.05, 3.63) is 71.8 Å². The van der Waals surface area contributed by atoms with Crippen molar-refractivity contribution < 1.29 is 23.7 Å². The van der Waals surface area contributed by atoms with E-state index in [1.807, 2.05) is 74.5 Å². The molecule has 2 aliphatic heterocycles. The van der Waals surface area contributed by atoms with Crippen LogP contribution in [0.15, 0.2) is 60.7 Å². The zero-order valence-electron chi connectivity index (χ0n) is 15.7. The molecule has 2 aliphatic rings. The largest absolute Gasteiger partial charge is 0.374 e. The van der Waals surface area contributed by atoms with Crippen LogP contribution in [0.25, 0.3) is 0 Å². The lowest BCUT2D eigenvalue weighted by atomic mass is 10.1. The first kappa shape index (κ1) is 18.6. The number of hydrogen-bond acceptors (Lipinski definition) is 5. The lowest BCUT2D eigenvalue weighted by Crippen LogP contribution is -2.38. The molecular formula is C22H26O5. The second kappa shape index (κ2) is 8.09. The lowest BCUT2D eigenvalue weighted by molar-refractivity contribution is -0.225. The van der Waals surface area contributed by atoms with Gasteiger partial charge >= 0.3 is 0 Å². The van der Waals surface area contributed by atoms with E-state index in [4.69, 9.17) is 23.7 Å². The smallest absolute Gasteiger partial charge is 0.190 e. The zero-order chi connectivity index (χ0) is 18.7. The Kier molecular flexibility index (Phi) is 5.57. The highest BCUT2D eigenvalue weighted by Gasteiger charge is 2.55. The van der Waals surface area contributed by atoms with E-state index in [2.05, 4.69) is 0 Å². The molecule has 2 aromatic carbocycles. The Bertz CT molecular complexity index is 718. The Morgan fingerprint density at radius 1 is 0.852 bits per heavy atom. The average molecular weight is 370 g/mol. The van der Waals surface area contributed by atoms with Gasteiger partial charge in [0.15, 0.2) is 12.1 Å². The van der Waals surface area contributed by atoms with E-state index < -0.39 is 12.1 Å². The van der Waals surface area contributed by atoms with Crippen LogP contribution < -0.4 is 0 Å². The fourth-order valence-electron chi connectivity index (χ4n) is 3.52. The molecule has 0 aliphatic carbocycles. The summed E-state index contributed by atoms with van der Waals surface area (Å²) in [6.07, 6.45) is -1.16. The molecule has 2 aromatic rings. The van der Waals surface area contributed by atoms with Crippen LogP contribution in [0.2, 0.25) is 0 Å². The van der Waals surface area contributed by atoms with Gasteiger partial charge in [-0.1, -0.05) is 60.7 Å². The topological polar surface area (TPSA) is 46.2 Å². The van der Waals surface area contributed by atoms with Gasteiger partial charge in [-0.2, -0.15) is 0 Å². The quantitative estimate of drug-likeness (QED) is 0.744. The van der Waals surface area contributed by atoms with E-state index in [0.717, 1.165) is 11.1 Å². The van der Waals surface area contributed by atoms with Crippen LogP contribution in [0, 0.1) is 0 Å². The second-order valence-corrected chi connectivity index (χ2v) is 7.41. The molecule has 2 heterocycles. The summed E-state index contributed by atoms with van der Waals surface area (Å²) in [6.45, 7) is 5.24. The maximum atomic E-state index is 6.20. The predicted octanol–water partition coefficient (Wildman–Crippen LogP) is 3.67. The maximum Gasteiger partial charge on any atom is 0.190 e. The SMILES string of the molecule is CC1(C)O[C@H]2O[C@H](COCc3ccccc3)[C@@H](OCc3ccccc3)[C@@H]2O1. The molecule has 0 N–H and O–H groups in total. The van der Waals surface area contributed by atoms with Crippen LogP contribution >= 0.6 is 0 Å². The van der Waals surface area contributed by atoms with Crippen molar-refractivity contribution in [2.75, 3.05) is 6.61 Å². The summed E-state index contributed by atoms with van der Waals surface area (Å²) in [6, 6.07) is 20.2. The van der Waals surface area contributed by atoms with Crippen LogP contribution in [0.5, 0.6) is 0 Å². The monoisotopic (exact) mass is 370 g/mol. The van der Waals surface area contributed by atoms with Gasteiger partial charge in [-0.05, 0) is 25.0 Å². The Morgan fingerprint density at radius 3 is 2.15 bits per heavy atom. The fraction of sp³-hybridized carbons (Fsp3) is 0.455. The van der Waals surface area contributed by atoms with Gasteiger partial charge in [0.05, 0.1) is 19.8 Å². The predicted molar refractivity (Wildman–Crippen MR) is 99.8 cm³/mol. The molecule has 5 nitrogen and oxygen atoms in total. The lowest BCUT2D eigenvalue weighted by Gasteiger charge is -2.26. The summed E-state index contributed by atoms with van der Waals surface area (Å²) < 4.78 is 30.1. The van der Waals surface area contributed by atoms with Crippen LogP contribution in [0.3, 0.4) is 0 Å². The van der Waals surface area contributed by atoms with Crippen molar-refractivity contribution in [1.82, 2.24) is 0 Å². The first-order valence-electron chi connectivity index (χ1n) is 9.39. The van der Waals surface area contributed by atoms with Crippen molar-refractivity contribution in [3.8, 4) is 0 Å². The molecule has 0 amide bonds. The highest BCUT2D eigenvalue weighted by Crippen LogP contribution is 2.39. The van der Waals surface area contributed by atoms with Gasteiger partial charge in [-0.25, -0.2) is 0 Å². The maximum absolute atomic E-state index is 6.20. The minimum atomic E-state index is -0.667. The molecule has 2 fully saturated rings. The summed E-state index contributed by atoms with van der Waals surface area (Å²) in [5.74, 6) is -0.667. The molecule has 144 valence electrons. The zero-order valence-corrected chi connectivity index (χ0v) is 15.7. The third kappa shape index (κ3) is 4.57. The van der Waals surface area contributed by atoms with Crippen molar-refractivity contribution in [3.63, 3.8) is 0 Å². The van der Waals surface area contributed by atoms with Crippen LogP contribution in [-0.4, -0.2) is 37.0 Å². The molecule has 0 saturated carbocycles. The van der Waals surface area contributed by atoms with Gasteiger partial charge in [-0.3, -0.25) is 0 Å². The van der Waals surface area contributed by atoms with Crippen molar-refractivity contribution in [2.24, 2.45) is 0 Å². The summed E-state index contributed by atoms with van der Waals surface area (Å²) in [7, 11) is 0. The number of fused-ring (bicyclic) bond motifs is 1. The number of rotatable bonds is 7. The first-order valence-corrected chi connectivity index (χ1v) is 9.39. The van der Waals surface area contributed by atoms with E-state index in [1.54, 1.807) is 0 Å². The van der Waals surface area contributed by atoms with Crippen LogP contribution in [-0.2, 0) is 36.9 Å². The minimum absolute atomic E-state index is 0.233. The third-order valence-electron chi connectivity index (χ3n) is 4.77. The highest BCUT2D eigenvalue weighted by molar-refractivity contribution is 5.14. The Labute approximate surface area is 160 Å². The first-order chi connectivity index (χ1) is 13.1. The van der Waals surface area contributed by atoms with Gasteiger partial charge in [-0.15, -0.1) is 0 Å². The summed E-state index contributed by atoms with van der Waals surface area (Å²) in [5.41, 5.74) is 2.24. The molecule has 27 heavy (non-hydrogen) atoms. The van der Waals surface area contributed by atoms with E-state index in [1.165, 1.54) is 0 Å². The Balaban J connectivity index is 1.38. The molecule has 5 heteroatoms. The van der Waals surface area contributed by atoms with Gasteiger partial charge in [0, 0.05) is 0 Å². The van der Waals surface area contributed by atoms with E-state index in [-0.39, 0.29) is 18.3 Å². The minimum Gasteiger partial charge on any atom is -0.374 e. The summed E-state index contributed by atoms with van der Waals surface area (Å²) in [4.78, 5) is 0. The standard InChI is InChI=1S/C22H26O5/c1-22(2)26-20-19(24-14-17-11-7-4-8-12-17)18(25-21(20)27-22)15-23-13-16-9-5-3-6-10-16/h3-12,18-21H,13-15H2,1-2H3/t18-,19-,20+,21-/m1/s1. The van der Waals surface area contributed by atoms with Crippen LogP contribution in [0.1, 0.15) is 25.0 Å². The molecule has 4 atom stereocenters. The molecule has 4 rings (SSSR count). The number of hydrogen-bond donors (Lipinski definition) is 0. The van der Waals surface area contributed by atoms with Gasteiger partial charge in [0.25, 0.3) is 0 Å². The third-order valence-corrected chi connectivity index (χ3v) is 4.77. The molecular weight excluding hydrogens is 344 g/mol. The fourth-order valence-corrected chi connectivity index (χ4v) is 3.52. The van der Waals surface area contributed by atoms with E-state index in [0.29, 0.717) is 19.8 Å². The van der Waals surface area contributed by atoms with E-state index >= 15 is 0 Å². The van der Waals surface area contributed by atoms with Crippen LogP contribution in [0.4, 0.5) is 0 Å². The van der Waals surface area contributed by atoms with Crippen molar-refractivity contribution >= 4 is 0 Å². The van der Waals surface area contributed by atoms with Gasteiger partial charge in [0.1, 0.15) is 18.3 Å². The molecule has 0 aromatic heterocycles. The molecule has 0 bridgehead atoms. The average Bonchev–Trinajstić information content (AvgIpc) is 3.13. The van der Waals surface area contributed by atoms with E-state index in [9.17, 15) is 0 Å². The number of ether oxygens (including phenoxy) is 5. The summed E-state index contributed by atoms with van der Waals surface area (Å²) >= 11 is 0. The van der Waals surface area contributed by atoms with Gasteiger partial charge in [0.2, 0.25) is 0 Å². The Morgan fingerprint density at radius 2 is 1.48 bits per heavy atom.